The van der Waals surface area contributed by atoms with E-state index in [2.05, 4.69) is 0 Å². The summed E-state index contributed by atoms with van der Waals surface area (Å²) < 4.78 is 0. The summed E-state index contributed by atoms with van der Waals surface area (Å²) in [7, 11) is 1.74. The highest BCUT2D eigenvalue weighted by Crippen LogP contribution is 2.22. The molecule has 1 heterocycles. The summed E-state index contributed by atoms with van der Waals surface area (Å²) >= 11 is 0. The lowest BCUT2D eigenvalue weighted by atomic mass is 9.95. The lowest BCUT2D eigenvalue weighted by Gasteiger charge is -2.38. The summed E-state index contributed by atoms with van der Waals surface area (Å²) in [5.41, 5.74) is 7.95. The van der Waals surface area contributed by atoms with E-state index < -0.39 is 0 Å². The number of carbonyl (C=O) groups excluding carboxylic acids is 2. The minimum absolute atomic E-state index is 0. The molecule has 2 atom stereocenters. The average Bonchev–Trinajstić information content (AvgIpc) is 2.72. The van der Waals surface area contributed by atoms with Crippen LogP contribution in [-0.2, 0) is 0 Å². The van der Waals surface area contributed by atoms with Crippen molar-refractivity contribution in [3.8, 4) is 0 Å². The summed E-state index contributed by atoms with van der Waals surface area (Å²) in [4.78, 5) is 29.4. The van der Waals surface area contributed by atoms with Crippen LogP contribution in [0.2, 0.25) is 0 Å². The minimum atomic E-state index is -0.141. The SMILES string of the molecule is CC(N)C1CCCCN1C(=O)c1cccc(C(=O)N(C)c2ccccc2)c1.Cl. The molecule has 0 aromatic heterocycles. The number of nitrogens with two attached hydrogens (primary N) is 1. The third-order valence-electron chi connectivity index (χ3n) is 5.22. The van der Waals surface area contributed by atoms with Crippen molar-refractivity contribution in [3.05, 3.63) is 65.7 Å². The predicted octanol–water partition coefficient (Wildman–Crippen LogP) is 3.73. The Bertz CT molecular complexity index is 810. The molecule has 0 bridgehead atoms. The van der Waals surface area contributed by atoms with Crippen molar-refractivity contribution in [2.75, 3.05) is 18.5 Å². The molecule has 2 N–H and O–H groups in total. The van der Waals surface area contributed by atoms with Crippen LogP contribution >= 0.6 is 12.4 Å². The summed E-state index contributed by atoms with van der Waals surface area (Å²) in [6.45, 7) is 2.66. The molecule has 150 valence electrons. The first kappa shape index (κ1) is 21.9. The number of hydrogen-bond acceptors (Lipinski definition) is 3. The van der Waals surface area contributed by atoms with Crippen molar-refractivity contribution < 1.29 is 9.59 Å². The van der Waals surface area contributed by atoms with E-state index in [-0.39, 0.29) is 36.3 Å². The average molecular weight is 402 g/mol. The van der Waals surface area contributed by atoms with Gasteiger partial charge in [-0.2, -0.15) is 0 Å². The molecule has 2 unspecified atom stereocenters. The Morgan fingerprint density at radius 2 is 1.75 bits per heavy atom. The molecule has 0 radical (unpaired) electrons. The lowest BCUT2D eigenvalue weighted by Crippen LogP contribution is -2.51. The van der Waals surface area contributed by atoms with Crippen LogP contribution < -0.4 is 10.6 Å². The number of benzene rings is 2. The van der Waals surface area contributed by atoms with Gasteiger partial charge in [0.1, 0.15) is 0 Å². The molecule has 0 spiro atoms. The normalized spacial score (nSPS) is 17.4. The van der Waals surface area contributed by atoms with Gasteiger partial charge in [0.15, 0.2) is 0 Å². The quantitative estimate of drug-likeness (QED) is 0.848. The number of nitrogens with zero attached hydrogens (tertiary/aromatic N) is 2. The third kappa shape index (κ3) is 4.72. The number of likely N-dealkylation sites (tertiary alicyclic amines) is 1. The van der Waals surface area contributed by atoms with Gasteiger partial charge >= 0.3 is 0 Å². The number of para-hydroxylation sites is 1. The van der Waals surface area contributed by atoms with Crippen molar-refractivity contribution in [1.29, 1.82) is 0 Å². The van der Waals surface area contributed by atoms with Crippen molar-refractivity contribution in [2.45, 2.75) is 38.3 Å². The smallest absolute Gasteiger partial charge is 0.258 e. The fourth-order valence-electron chi connectivity index (χ4n) is 3.67. The molecule has 1 saturated heterocycles. The summed E-state index contributed by atoms with van der Waals surface area (Å²) in [5, 5.41) is 0. The van der Waals surface area contributed by atoms with Crippen molar-refractivity contribution in [1.82, 2.24) is 4.90 Å². The topological polar surface area (TPSA) is 66.6 Å². The molecule has 0 aliphatic carbocycles. The highest BCUT2D eigenvalue weighted by atomic mass is 35.5. The molecule has 28 heavy (non-hydrogen) atoms. The van der Waals surface area contributed by atoms with E-state index in [9.17, 15) is 9.59 Å². The molecule has 3 rings (SSSR count). The maximum absolute atomic E-state index is 13.1. The number of rotatable bonds is 4. The predicted molar refractivity (Wildman–Crippen MR) is 115 cm³/mol. The zero-order valence-electron chi connectivity index (χ0n) is 16.4. The number of anilines is 1. The van der Waals surface area contributed by atoms with Crippen molar-refractivity contribution in [3.63, 3.8) is 0 Å². The number of hydrogen-bond donors (Lipinski definition) is 1. The van der Waals surface area contributed by atoms with E-state index in [1.165, 1.54) is 0 Å². The first-order chi connectivity index (χ1) is 13.0. The number of carbonyl (C=O) groups is 2. The Hall–Kier alpha value is -2.37. The van der Waals surface area contributed by atoms with E-state index in [0.717, 1.165) is 24.9 Å². The fourth-order valence-corrected chi connectivity index (χ4v) is 3.67. The van der Waals surface area contributed by atoms with Gasteiger partial charge in [-0.05, 0) is 56.5 Å². The maximum atomic E-state index is 13.1. The zero-order chi connectivity index (χ0) is 19.4. The summed E-state index contributed by atoms with van der Waals surface area (Å²) in [6, 6.07) is 16.4. The van der Waals surface area contributed by atoms with Gasteiger partial charge in [0, 0.05) is 42.5 Å². The Morgan fingerprint density at radius 1 is 1.07 bits per heavy atom. The molecule has 1 aliphatic heterocycles. The molecule has 0 saturated carbocycles. The number of amides is 2. The monoisotopic (exact) mass is 401 g/mol. The minimum Gasteiger partial charge on any atom is -0.334 e. The van der Waals surface area contributed by atoms with Crippen LogP contribution in [0.5, 0.6) is 0 Å². The Kier molecular flexibility index (Phi) is 7.61. The van der Waals surface area contributed by atoms with Gasteiger partial charge in [0.25, 0.3) is 11.8 Å². The lowest BCUT2D eigenvalue weighted by molar-refractivity contribution is 0.0584. The second-order valence-electron chi connectivity index (χ2n) is 7.20. The second-order valence-corrected chi connectivity index (χ2v) is 7.20. The molecule has 5 nitrogen and oxygen atoms in total. The molecule has 6 heteroatoms. The number of piperidine rings is 1. The van der Waals surface area contributed by atoms with E-state index in [4.69, 9.17) is 5.73 Å². The fraction of sp³-hybridized carbons (Fsp3) is 0.364. The first-order valence-corrected chi connectivity index (χ1v) is 9.49. The molecule has 2 aromatic rings. The second kappa shape index (κ2) is 9.71. The van der Waals surface area contributed by atoms with Gasteiger partial charge in [-0.15, -0.1) is 12.4 Å². The van der Waals surface area contributed by atoms with E-state index >= 15 is 0 Å². The molecular formula is C22H28ClN3O2. The van der Waals surface area contributed by atoms with Crippen LogP contribution in [0.4, 0.5) is 5.69 Å². The Morgan fingerprint density at radius 3 is 2.43 bits per heavy atom. The molecule has 1 fully saturated rings. The third-order valence-corrected chi connectivity index (χ3v) is 5.22. The molecule has 2 amide bonds. The molecule has 2 aromatic carbocycles. The van der Waals surface area contributed by atoms with Gasteiger partial charge in [0.05, 0.1) is 0 Å². The van der Waals surface area contributed by atoms with Crippen LogP contribution in [0, 0.1) is 0 Å². The highest BCUT2D eigenvalue weighted by Gasteiger charge is 2.30. The van der Waals surface area contributed by atoms with Crippen LogP contribution in [0.15, 0.2) is 54.6 Å². The summed E-state index contributed by atoms with van der Waals surface area (Å²) in [6.07, 6.45) is 3.01. The molecule has 1 aliphatic rings. The Labute approximate surface area is 172 Å². The van der Waals surface area contributed by atoms with Crippen LogP contribution in [-0.4, -0.2) is 42.4 Å². The van der Waals surface area contributed by atoms with E-state index in [1.54, 1.807) is 36.2 Å². The first-order valence-electron chi connectivity index (χ1n) is 9.49. The van der Waals surface area contributed by atoms with E-state index in [1.807, 2.05) is 42.2 Å². The zero-order valence-corrected chi connectivity index (χ0v) is 17.2. The van der Waals surface area contributed by atoms with Crippen molar-refractivity contribution in [2.24, 2.45) is 5.73 Å². The van der Waals surface area contributed by atoms with Crippen molar-refractivity contribution >= 4 is 29.9 Å². The van der Waals surface area contributed by atoms with Gasteiger partial charge in [-0.25, -0.2) is 0 Å². The summed E-state index contributed by atoms with van der Waals surface area (Å²) in [5.74, 6) is -0.188. The van der Waals surface area contributed by atoms with Gasteiger partial charge in [-0.1, -0.05) is 24.3 Å². The highest BCUT2D eigenvalue weighted by molar-refractivity contribution is 6.07. The largest absolute Gasteiger partial charge is 0.334 e. The van der Waals surface area contributed by atoms with Gasteiger partial charge < -0.3 is 15.5 Å². The maximum Gasteiger partial charge on any atom is 0.258 e. The van der Waals surface area contributed by atoms with E-state index in [0.29, 0.717) is 17.7 Å². The van der Waals surface area contributed by atoms with Gasteiger partial charge in [-0.3, -0.25) is 9.59 Å². The van der Waals surface area contributed by atoms with Crippen LogP contribution in [0.3, 0.4) is 0 Å². The Balaban J connectivity index is 0.00000280. The number of halogens is 1. The van der Waals surface area contributed by atoms with Crippen LogP contribution in [0.1, 0.15) is 46.9 Å². The van der Waals surface area contributed by atoms with Gasteiger partial charge in [0.2, 0.25) is 0 Å². The molecular weight excluding hydrogens is 374 g/mol. The standard InChI is InChI=1S/C22H27N3O2.ClH/c1-16(23)20-13-6-7-14-25(20)22(27)18-10-8-9-17(15-18)21(26)24(2)19-11-4-3-5-12-19;/h3-5,8-12,15-16,20H,6-7,13-14,23H2,1-2H3;1H. The van der Waals surface area contributed by atoms with Crippen LogP contribution in [0.25, 0.3) is 0 Å².